The van der Waals surface area contributed by atoms with Gasteiger partial charge in [0, 0.05) is 6.61 Å². The Morgan fingerprint density at radius 1 is 1.29 bits per heavy atom. The molecule has 3 heteroatoms. The lowest BCUT2D eigenvalue weighted by Crippen LogP contribution is -2.15. The number of hydrogen-bond acceptors (Lipinski definition) is 3. The van der Waals surface area contributed by atoms with E-state index in [1.54, 1.807) is 0 Å². The molecule has 0 radical (unpaired) electrons. The third-order valence-corrected chi connectivity index (χ3v) is 2.51. The molecule has 94 valence electrons. The second kappa shape index (κ2) is 7.07. The lowest BCUT2D eigenvalue weighted by Gasteiger charge is -2.11. The second-order valence-electron chi connectivity index (χ2n) is 4.36. The van der Waals surface area contributed by atoms with Crippen molar-refractivity contribution in [2.24, 2.45) is 5.92 Å². The SMILES string of the molecule is CC(C)C(=O)Oc1ccccc1CCCCO. The molecule has 0 spiro atoms. The van der Waals surface area contributed by atoms with Crippen LogP contribution in [0.1, 0.15) is 32.3 Å². The number of para-hydroxylation sites is 1. The fourth-order valence-electron chi connectivity index (χ4n) is 1.46. The van der Waals surface area contributed by atoms with Crippen molar-refractivity contribution in [3.05, 3.63) is 29.8 Å². The third kappa shape index (κ3) is 4.57. The molecule has 1 rings (SSSR count). The Hall–Kier alpha value is -1.35. The van der Waals surface area contributed by atoms with Gasteiger partial charge in [-0.25, -0.2) is 0 Å². The molecule has 0 atom stereocenters. The summed E-state index contributed by atoms with van der Waals surface area (Å²) in [5, 5.41) is 8.75. The second-order valence-corrected chi connectivity index (χ2v) is 4.36. The van der Waals surface area contributed by atoms with E-state index in [0.29, 0.717) is 5.75 Å². The summed E-state index contributed by atoms with van der Waals surface area (Å²) in [7, 11) is 0. The highest BCUT2D eigenvalue weighted by molar-refractivity contribution is 5.74. The number of carbonyl (C=O) groups excluding carboxylic acids is 1. The summed E-state index contributed by atoms with van der Waals surface area (Å²) in [6.07, 6.45) is 2.49. The topological polar surface area (TPSA) is 46.5 Å². The smallest absolute Gasteiger partial charge is 0.313 e. The molecule has 0 fully saturated rings. The first-order valence-corrected chi connectivity index (χ1v) is 6.05. The van der Waals surface area contributed by atoms with E-state index in [0.717, 1.165) is 24.8 Å². The molecule has 0 bridgehead atoms. The van der Waals surface area contributed by atoms with Crippen molar-refractivity contribution < 1.29 is 14.6 Å². The number of hydrogen-bond donors (Lipinski definition) is 1. The molecule has 0 amide bonds. The molecule has 0 unspecified atom stereocenters. The molecule has 17 heavy (non-hydrogen) atoms. The Balaban J connectivity index is 2.67. The van der Waals surface area contributed by atoms with Gasteiger partial charge in [0.15, 0.2) is 0 Å². The normalized spacial score (nSPS) is 10.6. The zero-order chi connectivity index (χ0) is 12.7. The Labute approximate surface area is 102 Å². The maximum Gasteiger partial charge on any atom is 0.313 e. The van der Waals surface area contributed by atoms with Crippen LogP contribution in [-0.2, 0) is 11.2 Å². The number of esters is 1. The first kappa shape index (κ1) is 13.7. The number of rotatable bonds is 6. The standard InChI is InChI=1S/C14H20O3/c1-11(2)14(16)17-13-9-4-3-7-12(13)8-5-6-10-15/h3-4,7,9,11,15H,5-6,8,10H2,1-2H3. The van der Waals surface area contributed by atoms with Gasteiger partial charge < -0.3 is 9.84 Å². The van der Waals surface area contributed by atoms with Gasteiger partial charge in [0.2, 0.25) is 0 Å². The number of ether oxygens (including phenoxy) is 1. The molecular formula is C14H20O3. The van der Waals surface area contributed by atoms with Gasteiger partial charge in [0.25, 0.3) is 0 Å². The van der Waals surface area contributed by atoms with E-state index in [1.807, 2.05) is 38.1 Å². The Kier molecular flexibility index (Phi) is 5.70. The van der Waals surface area contributed by atoms with Gasteiger partial charge in [0.05, 0.1) is 5.92 Å². The van der Waals surface area contributed by atoms with Crippen molar-refractivity contribution in [3.63, 3.8) is 0 Å². The van der Waals surface area contributed by atoms with Crippen molar-refractivity contribution in [2.75, 3.05) is 6.61 Å². The van der Waals surface area contributed by atoms with Crippen LogP contribution < -0.4 is 4.74 Å². The molecular weight excluding hydrogens is 216 g/mol. The van der Waals surface area contributed by atoms with Crippen LogP contribution in [0.15, 0.2) is 24.3 Å². The third-order valence-electron chi connectivity index (χ3n) is 2.51. The lowest BCUT2D eigenvalue weighted by atomic mass is 10.1. The highest BCUT2D eigenvalue weighted by Gasteiger charge is 2.12. The van der Waals surface area contributed by atoms with Gasteiger partial charge in [-0.1, -0.05) is 32.0 Å². The zero-order valence-electron chi connectivity index (χ0n) is 10.5. The summed E-state index contributed by atoms with van der Waals surface area (Å²) in [6, 6.07) is 7.56. The van der Waals surface area contributed by atoms with E-state index >= 15 is 0 Å². The van der Waals surface area contributed by atoms with Crippen molar-refractivity contribution in [2.45, 2.75) is 33.1 Å². The van der Waals surface area contributed by atoms with Gasteiger partial charge in [-0.15, -0.1) is 0 Å². The van der Waals surface area contributed by atoms with Gasteiger partial charge in [-0.2, -0.15) is 0 Å². The number of unbranched alkanes of at least 4 members (excludes halogenated alkanes) is 1. The van der Waals surface area contributed by atoms with Gasteiger partial charge in [-0.3, -0.25) is 4.79 Å². The average Bonchev–Trinajstić information content (AvgIpc) is 2.31. The average molecular weight is 236 g/mol. The van der Waals surface area contributed by atoms with Crippen LogP contribution in [0.2, 0.25) is 0 Å². The van der Waals surface area contributed by atoms with Gasteiger partial charge in [-0.05, 0) is 30.9 Å². The first-order valence-electron chi connectivity index (χ1n) is 6.05. The van der Waals surface area contributed by atoms with Crippen molar-refractivity contribution >= 4 is 5.97 Å². The maximum atomic E-state index is 11.5. The zero-order valence-corrected chi connectivity index (χ0v) is 10.5. The number of aliphatic hydroxyl groups excluding tert-OH is 1. The van der Waals surface area contributed by atoms with Crippen LogP contribution in [-0.4, -0.2) is 17.7 Å². The quantitative estimate of drug-likeness (QED) is 0.469. The van der Waals surface area contributed by atoms with Crippen molar-refractivity contribution in [1.29, 1.82) is 0 Å². The predicted octanol–water partition coefficient (Wildman–Crippen LogP) is 2.56. The molecule has 0 heterocycles. The van der Waals surface area contributed by atoms with Gasteiger partial charge in [0.1, 0.15) is 5.75 Å². The summed E-state index contributed by atoms with van der Waals surface area (Å²) in [6.45, 7) is 3.83. The predicted molar refractivity (Wildman–Crippen MR) is 66.9 cm³/mol. The summed E-state index contributed by atoms with van der Waals surface area (Å²) in [5.41, 5.74) is 1.02. The molecule has 1 N–H and O–H groups in total. The minimum absolute atomic E-state index is 0.125. The maximum absolute atomic E-state index is 11.5. The monoisotopic (exact) mass is 236 g/mol. The van der Waals surface area contributed by atoms with Crippen LogP contribution in [0.4, 0.5) is 0 Å². The Bertz CT molecular complexity index is 358. The number of aliphatic hydroxyl groups is 1. The minimum Gasteiger partial charge on any atom is -0.426 e. The first-order chi connectivity index (χ1) is 8.15. The molecule has 1 aromatic carbocycles. The molecule has 3 nitrogen and oxygen atoms in total. The molecule has 1 aromatic rings. The summed E-state index contributed by atoms with van der Waals surface area (Å²) in [5.74, 6) is 0.309. The summed E-state index contributed by atoms with van der Waals surface area (Å²) in [4.78, 5) is 11.5. The molecule has 0 aliphatic carbocycles. The van der Waals surface area contributed by atoms with E-state index in [4.69, 9.17) is 9.84 Å². The molecule has 0 aliphatic heterocycles. The molecule has 0 saturated heterocycles. The number of aryl methyl sites for hydroxylation is 1. The van der Waals surface area contributed by atoms with Crippen LogP contribution in [0.3, 0.4) is 0 Å². The highest BCUT2D eigenvalue weighted by atomic mass is 16.5. The van der Waals surface area contributed by atoms with Crippen LogP contribution in [0.25, 0.3) is 0 Å². The fraction of sp³-hybridized carbons (Fsp3) is 0.500. The van der Waals surface area contributed by atoms with Crippen LogP contribution in [0.5, 0.6) is 5.75 Å². The lowest BCUT2D eigenvalue weighted by molar-refractivity contribution is -0.137. The van der Waals surface area contributed by atoms with E-state index in [-0.39, 0.29) is 18.5 Å². The number of carbonyl (C=O) groups is 1. The largest absolute Gasteiger partial charge is 0.426 e. The fourth-order valence-corrected chi connectivity index (χ4v) is 1.46. The van der Waals surface area contributed by atoms with E-state index < -0.39 is 0 Å². The van der Waals surface area contributed by atoms with Crippen molar-refractivity contribution in [1.82, 2.24) is 0 Å². The van der Waals surface area contributed by atoms with E-state index in [1.165, 1.54) is 0 Å². The highest BCUT2D eigenvalue weighted by Crippen LogP contribution is 2.21. The Morgan fingerprint density at radius 2 is 2.00 bits per heavy atom. The number of benzene rings is 1. The molecule has 0 aromatic heterocycles. The molecule has 0 aliphatic rings. The van der Waals surface area contributed by atoms with Gasteiger partial charge >= 0.3 is 5.97 Å². The minimum atomic E-state index is -0.209. The van der Waals surface area contributed by atoms with Crippen LogP contribution in [0, 0.1) is 5.92 Å². The Morgan fingerprint density at radius 3 is 2.65 bits per heavy atom. The van der Waals surface area contributed by atoms with Crippen molar-refractivity contribution in [3.8, 4) is 5.75 Å². The van der Waals surface area contributed by atoms with E-state index in [9.17, 15) is 4.79 Å². The molecule has 0 saturated carbocycles. The van der Waals surface area contributed by atoms with Crippen LogP contribution >= 0.6 is 0 Å². The summed E-state index contributed by atoms with van der Waals surface area (Å²) >= 11 is 0. The van der Waals surface area contributed by atoms with E-state index in [2.05, 4.69) is 0 Å². The summed E-state index contributed by atoms with van der Waals surface area (Å²) < 4.78 is 5.34.